The Morgan fingerprint density at radius 3 is 2.62 bits per heavy atom. The minimum atomic E-state index is -0.408. The highest BCUT2D eigenvalue weighted by Crippen LogP contribution is 2.42. The first-order valence-corrected chi connectivity index (χ1v) is 9.23. The Kier molecular flexibility index (Phi) is 3.85. The monoisotopic (exact) mass is 336 g/mol. The molecule has 3 nitrogen and oxygen atoms in total. The van der Waals surface area contributed by atoms with E-state index in [0.717, 1.165) is 41.5 Å². The van der Waals surface area contributed by atoms with Gasteiger partial charge in [0, 0.05) is 0 Å². The molecule has 0 bridgehead atoms. The van der Waals surface area contributed by atoms with Crippen molar-refractivity contribution in [3.63, 3.8) is 0 Å². The maximum atomic E-state index is 13.1. The summed E-state index contributed by atoms with van der Waals surface area (Å²) in [7, 11) is 0. The molecule has 0 spiro atoms. The van der Waals surface area contributed by atoms with Crippen molar-refractivity contribution in [2.75, 3.05) is 5.32 Å². The number of hydrogen-bond acceptors (Lipinski definition) is 3. The van der Waals surface area contributed by atoms with Gasteiger partial charge in [0.05, 0.1) is 15.6 Å². The third-order valence-electron chi connectivity index (χ3n) is 4.98. The van der Waals surface area contributed by atoms with Gasteiger partial charge in [0.25, 0.3) is 0 Å². The van der Waals surface area contributed by atoms with E-state index >= 15 is 0 Å². The van der Waals surface area contributed by atoms with Gasteiger partial charge in [-0.15, -0.1) is 0 Å². The molecule has 24 heavy (non-hydrogen) atoms. The highest BCUT2D eigenvalue weighted by Gasteiger charge is 2.42. The fourth-order valence-corrected chi connectivity index (χ4v) is 4.64. The molecule has 1 N–H and O–H groups in total. The SMILES string of the molecule is Cc1ccc2nc(NC(=O)C3(c4ccccc4)CCCC3)sc2c1. The summed E-state index contributed by atoms with van der Waals surface area (Å²) >= 11 is 1.55. The average Bonchev–Trinajstić information content (AvgIpc) is 3.22. The molecule has 0 aliphatic heterocycles. The average molecular weight is 336 g/mol. The van der Waals surface area contributed by atoms with Crippen molar-refractivity contribution < 1.29 is 4.79 Å². The molecule has 1 aliphatic rings. The molecule has 3 aromatic rings. The molecule has 1 aromatic heterocycles. The van der Waals surface area contributed by atoms with Gasteiger partial charge in [-0.3, -0.25) is 4.79 Å². The van der Waals surface area contributed by atoms with Crippen LogP contribution in [0.4, 0.5) is 5.13 Å². The summed E-state index contributed by atoms with van der Waals surface area (Å²) in [5.74, 6) is 0.0852. The Morgan fingerprint density at radius 2 is 1.88 bits per heavy atom. The van der Waals surface area contributed by atoms with Gasteiger partial charge in [0.2, 0.25) is 5.91 Å². The quantitative estimate of drug-likeness (QED) is 0.727. The summed E-state index contributed by atoms with van der Waals surface area (Å²) < 4.78 is 1.12. The number of carbonyl (C=O) groups is 1. The van der Waals surface area contributed by atoms with Crippen molar-refractivity contribution in [3.8, 4) is 0 Å². The van der Waals surface area contributed by atoms with Crippen LogP contribution in [-0.2, 0) is 10.2 Å². The van der Waals surface area contributed by atoms with Crippen molar-refractivity contribution in [1.29, 1.82) is 0 Å². The maximum absolute atomic E-state index is 13.1. The second-order valence-corrected chi connectivity index (χ2v) is 7.63. The number of benzene rings is 2. The van der Waals surface area contributed by atoms with Crippen LogP contribution in [0, 0.1) is 6.92 Å². The van der Waals surface area contributed by atoms with Crippen molar-refractivity contribution in [2.45, 2.75) is 38.0 Å². The lowest BCUT2D eigenvalue weighted by Crippen LogP contribution is -2.37. The summed E-state index contributed by atoms with van der Waals surface area (Å²) in [6, 6.07) is 16.4. The highest BCUT2D eigenvalue weighted by atomic mass is 32.1. The number of aryl methyl sites for hydroxylation is 1. The van der Waals surface area contributed by atoms with E-state index in [1.165, 1.54) is 5.56 Å². The number of anilines is 1. The van der Waals surface area contributed by atoms with Crippen LogP contribution >= 0.6 is 11.3 Å². The molecule has 0 unspecified atom stereocenters. The lowest BCUT2D eigenvalue weighted by molar-refractivity contribution is -0.121. The smallest absolute Gasteiger partial charge is 0.236 e. The van der Waals surface area contributed by atoms with E-state index in [1.54, 1.807) is 11.3 Å². The number of aromatic nitrogens is 1. The molecule has 1 saturated carbocycles. The molecular formula is C20H20N2OS. The van der Waals surface area contributed by atoms with Crippen LogP contribution in [0.2, 0.25) is 0 Å². The molecule has 1 heterocycles. The molecule has 122 valence electrons. The summed E-state index contributed by atoms with van der Waals surface area (Å²) in [5, 5.41) is 3.80. The van der Waals surface area contributed by atoms with Crippen LogP contribution in [0.15, 0.2) is 48.5 Å². The van der Waals surface area contributed by atoms with Crippen molar-refractivity contribution in [1.82, 2.24) is 4.98 Å². The first kappa shape index (κ1) is 15.3. The number of thiazole rings is 1. The lowest BCUT2D eigenvalue weighted by Gasteiger charge is -2.27. The van der Waals surface area contributed by atoms with Gasteiger partial charge >= 0.3 is 0 Å². The van der Waals surface area contributed by atoms with Crippen LogP contribution in [0.5, 0.6) is 0 Å². The summed E-state index contributed by atoms with van der Waals surface area (Å²) in [6.07, 6.45) is 4.02. The van der Waals surface area contributed by atoms with Gasteiger partial charge < -0.3 is 5.32 Å². The summed E-state index contributed by atoms with van der Waals surface area (Å²) in [5.41, 5.74) is 2.87. The Morgan fingerprint density at radius 1 is 1.12 bits per heavy atom. The standard InChI is InChI=1S/C20H20N2OS/c1-14-9-10-16-17(13-14)24-19(21-16)22-18(23)20(11-5-6-12-20)15-7-3-2-4-8-15/h2-4,7-10,13H,5-6,11-12H2,1H3,(H,21,22,23). The van der Waals surface area contributed by atoms with E-state index in [0.29, 0.717) is 5.13 Å². The van der Waals surface area contributed by atoms with E-state index in [1.807, 2.05) is 24.3 Å². The molecule has 4 rings (SSSR count). The van der Waals surface area contributed by atoms with Crippen molar-refractivity contribution in [3.05, 3.63) is 59.7 Å². The number of hydrogen-bond donors (Lipinski definition) is 1. The van der Waals surface area contributed by atoms with E-state index < -0.39 is 5.41 Å². The zero-order valence-corrected chi connectivity index (χ0v) is 14.5. The predicted molar refractivity (Wildman–Crippen MR) is 99.6 cm³/mol. The van der Waals surface area contributed by atoms with Crippen LogP contribution in [0.1, 0.15) is 36.8 Å². The topological polar surface area (TPSA) is 42.0 Å². The third kappa shape index (κ3) is 2.61. The number of nitrogens with one attached hydrogen (secondary N) is 1. The van der Waals surface area contributed by atoms with E-state index in [4.69, 9.17) is 0 Å². The minimum absolute atomic E-state index is 0.0852. The van der Waals surface area contributed by atoms with E-state index in [9.17, 15) is 4.79 Å². The molecule has 0 radical (unpaired) electrons. The van der Waals surface area contributed by atoms with Gasteiger partial charge in [-0.2, -0.15) is 0 Å². The molecule has 4 heteroatoms. The van der Waals surface area contributed by atoms with E-state index in [2.05, 4.69) is 41.5 Å². The Hall–Kier alpha value is -2.20. The van der Waals surface area contributed by atoms with Gasteiger partial charge in [-0.1, -0.05) is 60.6 Å². The zero-order chi connectivity index (χ0) is 16.6. The fraction of sp³-hybridized carbons (Fsp3) is 0.300. The molecule has 0 saturated heterocycles. The molecule has 2 aromatic carbocycles. The fourth-order valence-electron chi connectivity index (χ4n) is 3.68. The molecule has 1 fully saturated rings. The Labute approximate surface area is 145 Å². The van der Waals surface area contributed by atoms with Gasteiger partial charge in [0.1, 0.15) is 0 Å². The lowest BCUT2D eigenvalue weighted by atomic mass is 9.78. The molecule has 1 aliphatic carbocycles. The molecule has 1 amide bonds. The second kappa shape index (κ2) is 6.02. The number of rotatable bonds is 3. The highest BCUT2D eigenvalue weighted by molar-refractivity contribution is 7.22. The summed E-state index contributed by atoms with van der Waals surface area (Å²) in [6.45, 7) is 2.07. The number of carbonyl (C=O) groups excluding carboxylic acids is 1. The maximum Gasteiger partial charge on any atom is 0.236 e. The first-order chi connectivity index (χ1) is 11.7. The van der Waals surface area contributed by atoms with Gasteiger partial charge in [0.15, 0.2) is 5.13 Å². The summed E-state index contributed by atoms with van der Waals surface area (Å²) in [4.78, 5) is 17.7. The zero-order valence-electron chi connectivity index (χ0n) is 13.7. The Balaban J connectivity index is 1.65. The molecule has 0 atom stereocenters. The van der Waals surface area contributed by atoms with Crippen molar-refractivity contribution >= 4 is 32.6 Å². The third-order valence-corrected chi connectivity index (χ3v) is 5.92. The van der Waals surface area contributed by atoms with Crippen molar-refractivity contribution in [2.24, 2.45) is 0 Å². The normalized spacial score (nSPS) is 16.4. The number of nitrogens with zero attached hydrogens (tertiary/aromatic N) is 1. The second-order valence-electron chi connectivity index (χ2n) is 6.60. The first-order valence-electron chi connectivity index (χ1n) is 8.42. The van der Waals surface area contributed by atoms with Crippen LogP contribution in [-0.4, -0.2) is 10.9 Å². The minimum Gasteiger partial charge on any atom is -0.301 e. The predicted octanol–water partition coefficient (Wildman–Crippen LogP) is 5.06. The number of amides is 1. The van der Waals surface area contributed by atoms with Gasteiger partial charge in [-0.25, -0.2) is 4.98 Å². The van der Waals surface area contributed by atoms with E-state index in [-0.39, 0.29) is 5.91 Å². The van der Waals surface area contributed by atoms with Crippen LogP contribution in [0.3, 0.4) is 0 Å². The number of fused-ring (bicyclic) bond motifs is 1. The Bertz CT molecular complexity index is 879. The largest absolute Gasteiger partial charge is 0.301 e. The molecular weight excluding hydrogens is 316 g/mol. The van der Waals surface area contributed by atoms with Gasteiger partial charge in [-0.05, 0) is 43.0 Å². The van der Waals surface area contributed by atoms with Crippen LogP contribution in [0.25, 0.3) is 10.2 Å². The van der Waals surface area contributed by atoms with Crippen LogP contribution < -0.4 is 5.32 Å².